The Bertz CT molecular complexity index is 595. The molecular weight excluding hydrogens is 422 g/mol. The van der Waals surface area contributed by atoms with Crippen LogP contribution < -0.4 is 0 Å². The van der Waals surface area contributed by atoms with E-state index in [0.717, 1.165) is 24.1 Å². The van der Waals surface area contributed by atoms with Crippen LogP contribution in [0, 0.1) is 9.39 Å². The van der Waals surface area contributed by atoms with Gasteiger partial charge in [0.15, 0.2) is 0 Å². The number of hydrogen-bond acceptors (Lipinski definition) is 1. The van der Waals surface area contributed by atoms with Crippen molar-refractivity contribution in [3.05, 3.63) is 49.0 Å². The van der Waals surface area contributed by atoms with Crippen molar-refractivity contribution in [1.29, 1.82) is 0 Å². The fourth-order valence-corrected chi connectivity index (χ4v) is 3.59. The van der Waals surface area contributed by atoms with Gasteiger partial charge in [0.1, 0.15) is 5.82 Å². The van der Waals surface area contributed by atoms with Crippen molar-refractivity contribution in [1.82, 2.24) is 9.78 Å². The highest BCUT2D eigenvalue weighted by atomic mass is 127. The van der Waals surface area contributed by atoms with Crippen molar-refractivity contribution < 1.29 is 4.39 Å². The Kier molecular flexibility index (Phi) is 5.00. The summed E-state index contributed by atoms with van der Waals surface area (Å²) < 4.78 is 17.3. The number of benzene rings is 1. The lowest BCUT2D eigenvalue weighted by molar-refractivity contribution is 0.604. The van der Waals surface area contributed by atoms with Crippen molar-refractivity contribution in [2.24, 2.45) is 0 Å². The lowest BCUT2D eigenvalue weighted by atomic mass is 10.2. The van der Waals surface area contributed by atoms with Gasteiger partial charge in [-0.1, -0.05) is 26.0 Å². The smallest absolute Gasteiger partial charge is 0.137 e. The summed E-state index contributed by atoms with van der Waals surface area (Å²) in [5, 5.41) is 4.63. The van der Waals surface area contributed by atoms with Crippen molar-refractivity contribution in [3.63, 3.8) is 0 Å². The van der Waals surface area contributed by atoms with Crippen LogP contribution in [0.15, 0.2) is 22.7 Å². The van der Waals surface area contributed by atoms with E-state index < -0.39 is 0 Å². The molecular formula is C14H15BrFIN2. The second-order valence-electron chi connectivity index (χ2n) is 4.29. The number of rotatable bonds is 4. The maximum atomic E-state index is 13.5. The molecule has 1 aromatic carbocycles. The fraction of sp³-hybridized carbons (Fsp3) is 0.357. The van der Waals surface area contributed by atoms with Crippen LogP contribution in [0.4, 0.5) is 4.39 Å². The van der Waals surface area contributed by atoms with Crippen LogP contribution in [-0.4, -0.2) is 9.78 Å². The standard InChI is InChI=1S/C14H15BrFIN2/c1-3-11-14(17)12(4-2)19(18-11)8-9-6-5-7-10(16)13(9)15/h5-7H,3-4,8H2,1-2H3. The van der Waals surface area contributed by atoms with Gasteiger partial charge in [-0.25, -0.2) is 4.39 Å². The predicted octanol–water partition coefficient (Wildman–Crippen LogP) is 4.56. The molecule has 1 heterocycles. The topological polar surface area (TPSA) is 17.8 Å². The monoisotopic (exact) mass is 436 g/mol. The summed E-state index contributed by atoms with van der Waals surface area (Å²) in [6, 6.07) is 5.11. The molecule has 0 saturated carbocycles. The SMILES string of the molecule is CCc1nn(Cc2cccc(F)c2Br)c(CC)c1I. The summed E-state index contributed by atoms with van der Waals surface area (Å²) in [6.07, 6.45) is 1.85. The quantitative estimate of drug-likeness (QED) is 0.642. The predicted molar refractivity (Wildman–Crippen MR) is 86.9 cm³/mol. The number of hydrogen-bond donors (Lipinski definition) is 0. The molecule has 5 heteroatoms. The Labute approximate surface area is 134 Å². The van der Waals surface area contributed by atoms with Gasteiger partial charge in [0, 0.05) is 0 Å². The number of halogens is 3. The lowest BCUT2D eigenvalue weighted by Gasteiger charge is -2.08. The van der Waals surface area contributed by atoms with Crippen LogP contribution in [0.5, 0.6) is 0 Å². The van der Waals surface area contributed by atoms with Crippen LogP contribution >= 0.6 is 38.5 Å². The zero-order valence-corrected chi connectivity index (χ0v) is 14.6. The maximum absolute atomic E-state index is 13.5. The fourth-order valence-electron chi connectivity index (χ4n) is 2.06. The second-order valence-corrected chi connectivity index (χ2v) is 6.16. The summed E-state index contributed by atoms with van der Waals surface area (Å²) in [6.45, 7) is 4.82. The molecule has 0 fully saturated rings. The summed E-state index contributed by atoms with van der Waals surface area (Å²) in [5.41, 5.74) is 3.25. The zero-order valence-electron chi connectivity index (χ0n) is 10.9. The third-order valence-corrected chi connectivity index (χ3v) is 5.21. The highest BCUT2D eigenvalue weighted by Crippen LogP contribution is 2.24. The third kappa shape index (κ3) is 3.02. The van der Waals surface area contributed by atoms with Gasteiger partial charge in [-0.05, 0) is 63.0 Å². The molecule has 0 aliphatic rings. The minimum atomic E-state index is -0.229. The van der Waals surface area contributed by atoms with E-state index in [9.17, 15) is 4.39 Å². The van der Waals surface area contributed by atoms with Crippen LogP contribution in [0.1, 0.15) is 30.8 Å². The van der Waals surface area contributed by atoms with E-state index in [4.69, 9.17) is 0 Å². The molecule has 0 aliphatic carbocycles. The van der Waals surface area contributed by atoms with E-state index in [-0.39, 0.29) is 5.82 Å². The van der Waals surface area contributed by atoms with Crippen LogP contribution in [-0.2, 0) is 19.4 Å². The normalized spacial score (nSPS) is 11.0. The lowest BCUT2D eigenvalue weighted by Crippen LogP contribution is -2.07. The Balaban J connectivity index is 2.40. The molecule has 0 saturated heterocycles. The molecule has 0 N–H and O–H groups in total. The van der Waals surface area contributed by atoms with Crippen molar-refractivity contribution in [3.8, 4) is 0 Å². The minimum absolute atomic E-state index is 0.229. The van der Waals surface area contributed by atoms with Gasteiger partial charge in [0.05, 0.1) is 26.0 Å². The first-order chi connectivity index (χ1) is 9.08. The van der Waals surface area contributed by atoms with Crippen molar-refractivity contribution >= 4 is 38.5 Å². The molecule has 0 bridgehead atoms. The number of aromatic nitrogens is 2. The largest absolute Gasteiger partial charge is 0.264 e. The van der Waals surface area contributed by atoms with Crippen molar-refractivity contribution in [2.45, 2.75) is 33.2 Å². The van der Waals surface area contributed by atoms with E-state index >= 15 is 0 Å². The van der Waals surface area contributed by atoms with Crippen LogP contribution in [0.3, 0.4) is 0 Å². The average molecular weight is 437 g/mol. The van der Waals surface area contributed by atoms with Gasteiger partial charge in [0.25, 0.3) is 0 Å². The number of aryl methyl sites for hydroxylation is 1. The first-order valence-electron chi connectivity index (χ1n) is 6.25. The molecule has 1 aromatic heterocycles. The van der Waals surface area contributed by atoms with Gasteiger partial charge in [-0.3, -0.25) is 4.68 Å². The van der Waals surface area contributed by atoms with Gasteiger partial charge >= 0.3 is 0 Å². The van der Waals surface area contributed by atoms with E-state index in [0.29, 0.717) is 11.0 Å². The molecule has 19 heavy (non-hydrogen) atoms. The first-order valence-corrected chi connectivity index (χ1v) is 8.12. The van der Waals surface area contributed by atoms with E-state index in [1.54, 1.807) is 6.07 Å². The van der Waals surface area contributed by atoms with Gasteiger partial charge in [-0.15, -0.1) is 0 Å². The summed E-state index contributed by atoms with van der Waals surface area (Å²) in [4.78, 5) is 0. The average Bonchev–Trinajstić information content (AvgIpc) is 2.70. The van der Waals surface area contributed by atoms with Crippen LogP contribution in [0.2, 0.25) is 0 Å². The molecule has 0 spiro atoms. The molecule has 2 rings (SSSR count). The number of nitrogens with zero attached hydrogens (tertiary/aromatic N) is 2. The highest BCUT2D eigenvalue weighted by Gasteiger charge is 2.14. The Morgan fingerprint density at radius 3 is 2.68 bits per heavy atom. The molecule has 0 atom stereocenters. The summed E-state index contributed by atoms with van der Waals surface area (Å²) in [7, 11) is 0. The Hall–Kier alpha value is -0.430. The molecule has 0 amide bonds. The highest BCUT2D eigenvalue weighted by molar-refractivity contribution is 14.1. The molecule has 2 aromatic rings. The maximum Gasteiger partial charge on any atom is 0.137 e. The molecule has 0 unspecified atom stereocenters. The summed E-state index contributed by atoms with van der Waals surface area (Å²) >= 11 is 5.66. The Morgan fingerprint density at radius 2 is 2.05 bits per heavy atom. The molecule has 0 aliphatic heterocycles. The van der Waals surface area contributed by atoms with Gasteiger partial charge in [-0.2, -0.15) is 5.10 Å². The van der Waals surface area contributed by atoms with Crippen molar-refractivity contribution in [2.75, 3.05) is 0 Å². The van der Waals surface area contributed by atoms with E-state index in [2.05, 4.69) is 57.5 Å². The van der Waals surface area contributed by atoms with Gasteiger partial charge < -0.3 is 0 Å². The summed E-state index contributed by atoms with van der Waals surface area (Å²) in [5.74, 6) is -0.229. The molecule has 2 nitrogen and oxygen atoms in total. The third-order valence-electron chi connectivity index (χ3n) is 3.08. The molecule has 102 valence electrons. The first kappa shape index (κ1) is 15.0. The second kappa shape index (κ2) is 6.35. The van der Waals surface area contributed by atoms with Gasteiger partial charge in [0.2, 0.25) is 0 Å². The van der Waals surface area contributed by atoms with E-state index in [1.165, 1.54) is 15.3 Å². The Morgan fingerprint density at radius 1 is 1.32 bits per heavy atom. The van der Waals surface area contributed by atoms with Crippen LogP contribution in [0.25, 0.3) is 0 Å². The van der Waals surface area contributed by atoms with E-state index in [1.807, 2.05) is 10.7 Å². The minimum Gasteiger partial charge on any atom is -0.264 e. The molecule has 0 radical (unpaired) electrons. The zero-order chi connectivity index (χ0) is 14.0.